The van der Waals surface area contributed by atoms with E-state index in [-0.39, 0.29) is 0 Å². The Hall–Kier alpha value is -0.470. The summed E-state index contributed by atoms with van der Waals surface area (Å²) in [6, 6.07) is 0. The molecule has 14 heavy (non-hydrogen) atoms. The number of alkyl halides is 1. The summed E-state index contributed by atoms with van der Waals surface area (Å²) in [5, 5.41) is 11.3. The Kier molecular flexibility index (Phi) is 3.62. The monoisotopic (exact) mass is 233 g/mol. The lowest BCUT2D eigenvalue weighted by molar-refractivity contribution is -0.310. The normalized spacial score (nSPS) is 31.4. The van der Waals surface area contributed by atoms with Crippen molar-refractivity contribution in [3.63, 3.8) is 0 Å². The first-order valence-electron chi connectivity index (χ1n) is 4.46. The molecule has 0 aliphatic heterocycles. The van der Waals surface area contributed by atoms with E-state index in [0.717, 1.165) is 6.42 Å². The molecule has 0 heterocycles. The van der Waals surface area contributed by atoms with Crippen LogP contribution in [0.1, 0.15) is 19.8 Å². The van der Waals surface area contributed by atoms with Gasteiger partial charge in [-0.05, 0) is 18.6 Å². The van der Waals surface area contributed by atoms with E-state index < -0.39 is 16.8 Å². The highest BCUT2D eigenvalue weighted by atomic mass is 35.5. The van der Waals surface area contributed by atoms with Gasteiger partial charge in [-0.2, -0.15) is 0 Å². The van der Waals surface area contributed by atoms with Gasteiger partial charge in [0.2, 0.25) is 0 Å². The van der Waals surface area contributed by atoms with Crippen LogP contribution in [0.15, 0.2) is 23.3 Å². The van der Waals surface area contributed by atoms with Crippen molar-refractivity contribution in [2.45, 2.75) is 24.6 Å². The zero-order valence-electron chi connectivity index (χ0n) is 7.80. The predicted octanol–water partition coefficient (Wildman–Crippen LogP) is 1.82. The number of rotatable bonds is 3. The van der Waals surface area contributed by atoms with Crippen molar-refractivity contribution < 1.29 is 9.90 Å². The fourth-order valence-corrected chi connectivity index (χ4v) is 2.39. The molecule has 2 atom stereocenters. The lowest BCUT2D eigenvalue weighted by Gasteiger charge is -2.33. The summed E-state index contributed by atoms with van der Waals surface area (Å²) in [6.45, 7) is 1.94. The third-order valence-electron chi connectivity index (χ3n) is 2.23. The van der Waals surface area contributed by atoms with Gasteiger partial charge >= 0.3 is 0 Å². The smallest absolute Gasteiger partial charge is 0.0757 e. The van der Waals surface area contributed by atoms with Gasteiger partial charge in [0.25, 0.3) is 0 Å². The maximum Gasteiger partial charge on any atom is 0.0757 e. The maximum atomic E-state index is 10.8. The number of aliphatic carboxylic acids is 1. The molecule has 0 fully saturated rings. The molecule has 2 nitrogen and oxygen atoms in total. The van der Waals surface area contributed by atoms with Crippen molar-refractivity contribution in [3.8, 4) is 0 Å². The van der Waals surface area contributed by atoms with E-state index >= 15 is 0 Å². The third kappa shape index (κ3) is 2.31. The standard InChI is InChI=1S/C10H12Cl2O2/c1-2-5-10(12)6-7(11)3-4-8(10)9(13)14/h3-4,6,8H,2,5H2,1H3,(H,13,14)/p-1. The van der Waals surface area contributed by atoms with Crippen molar-refractivity contribution in [2.75, 3.05) is 0 Å². The Bertz CT molecular complexity index is 296. The topological polar surface area (TPSA) is 40.1 Å². The average molecular weight is 234 g/mol. The quantitative estimate of drug-likeness (QED) is 0.699. The molecule has 0 bridgehead atoms. The molecular weight excluding hydrogens is 223 g/mol. The number of halogens is 2. The minimum Gasteiger partial charge on any atom is -0.549 e. The van der Waals surface area contributed by atoms with E-state index in [4.69, 9.17) is 23.2 Å². The molecule has 4 heteroatoms. The molecule has 0 spiro atoms. The molecule has 2 unspecified atom stereocenters. The number of hydrogen-bond donors (Lipinski definition) is 0. The van der Waals surface area contributed by atoms with Crippen LogP contribution in [-0.4, -0.2) is 10.8 Å². The van der Waals surface area contributed by atoms with Gasteiger partial charge in [0.05, 0.1) is 10.8 Å². The van der Waals surface area contributed by atoms with Crippen LogP contribution in [-0.2, 0) is 4.79 Å². The van der Waals surface area contributed by atoms with Crippen molar-refractivity contribution in [2.24, 2.45) is 5.92 Å². The molecule has 1 aliphatic carbocycles. The second-order valence-electron chi connectivity index (χ2n) is 3.36. The molecule has 0 saturated carbocycles. The van der Waals surface area contributed by atoms with E-state index in [1.807, 2.05) is 6.92 Å². The van der Waals surface area contributed by atoms with Crippen molar-refractivity contribution in [1.82, 2.24) is 0 Å². The minimum atomic E-state index is -1.16. The first-order valence-corrected chi connectivity index (χ1v) is 5.21. The summed E-state index contributed by atoms with van der Waals surface area (Å²) in [6.07, 6.45) is 5.97. The second kappa shape index (κ2) is 4.37. The van der Waals surface area contributed by atoms with Gasteiger partial charge in [-0.15, -0.1) is 11.6 Å². The molecule has 0 saturated heterocycles. The van der Waals surface area contributed by atoms with Crippen LogP contribution in [0.25, 0.3) is 0 Å². The largest absolute Gasteiger partial charge is 0.549 e. The molecule has 0 aromatic heterocycles. The Morgan fingerprint density at radius 1 is 1.71 bits per heavy atom. The molecule has 0 N–H and O–H groups in total. The SMILES string of the molecule is CCCC1(Cl)C=C(Cl)C=CC1C(=O)[O-]. The van der Waals surface area contributed by atoms with Gasteiger partial charge in [0, 0.05) is 11.0 Å². The summed E-state index contributed by atoms with van der Waals surface area (Å²) in [7, 11) is 0. The number of allylic oxidation sites excluding steroid dienone is 3. The van der Waals surface area contributed by atoms with E-state index in [0.29, 0.717) is 11.5 Å². The summed E-state index contributed by atoms with van der Waals surface area (Å²) < 4.78 is 0. The van der Waals surface area contributed by atoms with E-state index in [2.05, 4.69) is 0 Å². The van der Waals surface area contributed by atoms with Gasteiger partial charge in [-0.25, -0.2) is 0 Å². The van der Waals surface area contributed by atoms with Crippen LogP contribution < -0.4 is 5.11 Å². The predicted molar refractivity (Wildman–Crippen MR) is 55.1 cm³/mol. The van der Waals surface area contributed by atoms with Crippen LogP contribution >= 0.6 is 23.2 Å². The highest BCUT2D eigenvalue weighted by Crippen LogP contribution is 2.38. The average Bonchev–Trinajstić information content (AvgIpc) is 2.02. The van der Waals surface area contributed by atoms with Gasteiger partial charge < -0.3 is 9.90 Å². The molecule has 1 aliphatic rings. The summed E-state index contributed by atoms with van der Waals surface area (Å²) in [4.78, 5) is 9.90. The number of carboxylic acid groups (broad SMARTS) is 1. The Morgan fingerprint density at radius 3 is 2.86 bits per heavy atom. The number of hydrogen-bond acceptors (Lipinski definition) is 2. The Balaban J connectivity index is 2.97. The van der Waals surface area contributed by atoms with E-state index in [1.54, 1.807) is 6.08 Å². The van der Waals surface area contributed by atoms with Gasteiger partial charge in [0.1, 0.15) is 0 Å². The number of carbonyl (C=O) groups excluding carboxylic acids is 1. The van der Waals surface area contributed by atoms with Crippen molar-refractivity contribution in [1.29, 1.82) is 0 Å². The first kappa shape index (κ1) is 11.6. The van der Waals surface area contributed by atoms with Crippen molar-refractivity contribution in [3.05, 3.63) is 23.3 Å². The van der Waals surface area contributed by atoms with Crippen LogP contribution in [0.4, 0.5) is 0 Å². The first-order chi connectivity index (χ1) is 6.49. The zero-order valence-corrected chi connectivity index (χ0v) is 9.31. The molecule has 0 amide bonds. The van der Waals surface area contributed by atoms with Gasteiger partial charge in [0.15, 0.2) is 0 Å². The third-order valence-corrected chi connectivity index (χ3v) is 3.00. The summed E-state index contributed by atoms with van der Waals surface area (Å²) in [5.41, 5.74) is 0. The fraction of sp³-hybridized carbons (Fsp3) is 0.500. The molecule has 0 aromatic carbocycles. The zero-order chi connectivity index (χ0) is 10.8. The lowest BCUT2D eigenvalue weighted by atomic mass is 9.84. The van der Waals surface area contributed by atoms with Crippen LogP contribution in [0.5, 0.6) is 0 Å². The van der Waals surface area contributed by atoms with Crippen LogP contribution in [0.3, 0.4) is 0 Å². The van der Waals surface area contributed by atoms with E-state index in [9.17, 15) is 9.90 Å². The fourth-order valence-electron chi connectivity index (χ4n) is 1.60. The Labute approximate surface area is 93.2 Å². The van der Waals surface area contributed by atoms with Gasteiger partial charge in [-0.1, -0.05) is 31.0 Å². The number of carboxylic acids is 1. The minimum absolute atomic E-state index is 0.478. The maximum absolute atomic E-state index is 10.8. The highest BCUT2D eigenvalue weighted by molar-refractivity contribution is 6.34. The lowest BCUT2D eigenvalue weighted by Crippen LogP contribution is -2.43. The highest BCUT2D eigenvalue weighted by Gasteiger charge is 2.35. The number of carbonyl (C=O) groups is 1. The molecule has 0 aromatic rings. The molecule has 0 radical (unpaired) electrons. The van der Waals surface area contributed by atoms with Crippen LogP contribution in [0, 0.1) is 5.92 Å². The van der Waals surface area contributed by atoms with E-state index in [1.165, 1.54) is 12.2 Å². The van der Waals surface area contributed by atoms with Crippen molar-refractivity contribution >= 4 is 29.2 Å². The molecular formula is C10H11Cl2O2-. The summed E-state index contributed by atoms with van der Waals surface area (Å²) >= 11 is 12.0. The van der Waals surface area contributed by atoms with Crippen LogP contribution in [0.2, 0.25) is 0 Å². The summed E-state index contributed by atoms with van der Waals surface area (Å²) in [5.74, 6) is -1.96. The second-order valence-corrected chi connectivity index (χ2v) is 4.50. The molecule has 78 valence electrons. The molecule has 1 rings (SSSR count). The Morgan fingerprint density at radius 2 is 2.36 bits per heavy atom. The van der Waals surface area contributed by atoms with Gasteiger partial charge in [-0.3, -0.25) is 0 Å².